The lowest BCUT2D eigenvalue weighted by Crippen LogP contribution is -2.36. The quantitative estimate of drug-likeness (QED) is 0.897. The van der Waals surface area contributed by atoms with Crippen LogP contribution in [0.4, 0.5) is 4.79 Å². The molecule has 0 atom stereocenters. The van der Waals surface area contributed by atoms with Crippen molar-refractivity contribution >= 4 is 17.7 Å². The van der Waals surface area contributed by atoms with Gasteiger partial charge in [0.05, 0.1) is 12.7 Å². The summed E-state index contributed by atoms with van der Waals surface area (Å²) < 4.78 is 6.92. The van der Waals surface area contributed by atoms with E-state index < -0.39 is 0 Å². The molecule has 1 amide bonds. The Hall–Kier alpha value is -2.08. The zero-order chi connectivity index (χ0) is 16.8. The summed E-state index contributed by atoms with van der Waals surface area (Å²) in [7, 11) is 0. The third-order valence-electron chi connectivity index (χ3n) is 4.10. The van der Waals surface area contributed by atoms with Gasteiger partial charge >= 0.3 is 6.09 Å². The van der Waals surface area contributed by atoms with Crippen molar-refractivity contribution in [3.05, 3.63) is 46.7 Å². The van der Waals surface area contributed by atoms with Gasteiger partial charge in [0, 0.05) is 11.1 Å². The summed E-state index contributed by atoms with van der Waals surface area (Å²) in [5.41, 5.74) is 1.66. The molecule has 1 aliphatic rings. The molecule has 0 saturated heterocycles. The number of aromatic nitrogens is 3. The number of nitrogens with zero attached hydrogens (tertiary/aromatic N) is 3. The van der Waals surface area contributed by atoms with Gasteiger partial charge < -0.3 is 10.1 Å². The van der Waals surface area contributed by atoms with Crippen LogP contribution in [0.2, 0.25) is 5.02 Å². The van der Waals surface area contributed by atoms with Crippen molar-refractivity contribution in [1.82, 2.24) is 20.3 Å². The lowest BCUT2D eigenvalue weighted by atomic mass is 9.96. The Morgan fingerprint density at radius 3 is 2.96 bits per heavy atom. The number of carbonyl (C=O) groups is 1. The van der Waals surface area contributed by atoms with Gasteiger partial charge in [0.2, 0.25) is 0 Å². The van der Waals surface area contributed by atoms with Crippen LogP contribution in [0.1, 0.15) is 43.4 Å². The van der Waals surface area contributed by atoms with E-state index in [2.05, 4.69) is 15.6 Å². The molecule has 1 aromatic heterocycles. The lowest BCUT2D eigenvalue weighted by Gasteiger charge is -2.22. The van der Waals surface area contributed by atoms with Gasteiger partial charge in [0.1, 0.15) is 12.3 Å². The van der Waals surface area contributed by atoms with E-state index in [-0.39, 0.29) is 18.7 Å². The first-order valence-corrected chi connectivity index (χ1v) is 8.63. The van der Waals surface area contributed by atoms with Crippen LogP contribution in [-0.4, -0.2) is 27.1 Å². The third-order valence-corrected chi connectivity index (χ3v) is 4.33. The van der Waals surface area contributed by atoms with Crippen LogP contribution >= 0.6 is 11.6 Å². The summed E-state index contributed by atoms with van der Waals surface area (Å²) in [5.74, 6) is 0. The molecule has 1 heterocycles. The molecule has 7 heteroatoms. The highest BCUT2D eigenvalue weighted by atomic mass is 35.5. The molecule has 1 N–H and O–H groups in total. The van der Waals surface area contributed by atoms with Crippen molar-refractivity contribution in [2.75, 3.05) is 0 Å². The predicted octanol–water partition coefficient (Wildman–Crippen LogP) is 3.54. The van der Waals surface area contributed by atoms with Crippen LogP contribution in [0.25, 0.3) is 0 Å². The van der Waals surface area contributed by atoms with Crippen LogP contribution in [0.3, 0.4) is 0 Å². The summed E-state index contributed by atoms with van der Waals surface area (Å²) >= 11 is 5.97. The molecule has 24 heavy (non-hydrogen) atoms. The number of hydrogen-bond donors (Lipinski definition) is 1. The first-order chi connectivity index (χ1) is 11.7. The Balaban J connectivity index is 1.46. The fourth-order valence-electron chi connectivity index (χ4n) is 2.90. The molecule has 0 bridgehead atoms. The van der Waals surface area contributed by atoms with Crippen LogP contribution < -0.4 is 5.32 Å². The molecule has 0 aliphatic heterocycles. The smallest absolute Gasteiger partial charge is 0.407 e. The van der Waals surface area contributed by atoms with E-state index in [4.69, 9.17) is 16.3 Å². The number of ether oxygens (including phenoxy) is 1. The van der Waals surface area contributed by atoms with Gasteiger partial charge in [-0.25, -0.2) is 9.48 Å². The molecule has 0 spiro atoms. The van der Waals surface area contributed by atoms with E-state index in [9.17, 15) is 4.79 Å². The largest absolute Gasteiger partial charge is 0.443 e. The Labute approximate surface area is 146 Å². The standard InChI is InChI=1S/C17H21ClN4O2/c18-14-6-4-5-13(9-14)10-22-11-16(20-21-22)12-24-17(23)19-15-7-2-1-3-8-15/h4-6,9,11,15H,1-3,7-8,10,12H2,(H,19,23). The molecule has 2 aromatic rings. The maximum atomic E-state index is 11.8. The first kappa shape index (κ1) is 16.8. The maximum Gasteiger partial charge on any atom is 0.407 e. The number of alkyl carbamates (subject to hydrolysis) is 1. The number of carbonyl (C=O) groups excluding carboxylic acids is 1. The second-order valence-electron chi connectivity index (χ2n) is 6.09. The molecule has 0 unspecified atom stereocenters. The maximum absolute atomic E-state index is 11.8. The fourth-order valence-corrected chi connectivity index (χ4v) is 3.11. The van der Waals surface area contributed by atoms with Gasteiger partial charge in [0.25, 0.3) is 0 Å². The van der Waals surface area contributed by atoms with E-state index in [1.54, 1.807) is 10.9 Å². The second-order valence-corrected chi connectivity index (χ2v) is 6.53. The first-order valence-electron chi connectivity index (χ1n) is 8.26. The molecule has 1 fully saturated rings. The SMILES string of the molecule is O=C(NC1CCCCC1)OCc1cn(Cc2cccc(Cl)c2)nn1. The highest BCUT2D eigenvalue weighted by molar-refractivity contribution is 6.30. The Bertz CT molecular complexity index is 683. The molecule has 1 aliphatic carbocycles. The molecule has 3 rings (SSSR count). The Morgan fingerprint density at radius 1 is 1.33 bits per heavy atom. The summed E-state index contributed by atoms with van der Waals surface area (Å²) in [6.45, 7) is 0.690. The number of halogens is 1. The minimum absolute atomic E-state index is 0.119. The Kier molecular flexibility index (Phi) is 5.69. The predicted molar refractivity (Wildman–Crippen MR) is 90.8 cm³/mol. The number of rotatable bonds is 5. The monoisotopic (exact) mass is 348 g/mol. The summed E-state index contributed by atoms with van der Waals surface area (Å²) in [6, 6.07) is 7.83. The van der Waals surface area contributed by atoms with Crippen molar-refractivity contribution in [2.45, 2.75) is 51.3 Å². The number of hydrogen-bond acceptors (Lipinski definition) is 4. The van der Waals surface area contributed by atoms with E-state index in [0.29, 0.717) is 17.3 Å². The van der Waals surface area contributed by atoms with Crippen LogP contribution in [0, 0.1) is 0 Å². The summed E-state index contributed by atoms with van der Waals surface area (Å²) in [5, 5.41) is 11.7. The summed E-state index contributed by atoms with van der Waals surface area (Å²) in [4.78, 5) is 11.8. The van der Waals surface area contributed by atoms with Crippen molar-refractivity contribution in [3.63, 3.8) is 0 Å². The highest BCUT2D eigenvalue weighted by Crippen LogP contribution is 2.17. The average molecular weight is 349 g/mol. The number of amides is 1. The molecule has 1 aromatic carbocycles. The number of benzene rings is 1. The van der Waals surface area contributed by atoms with Crippen LogP contribution in [-0.2, 0) is 17.9 Å². The van der Waals surface area contributed by atoms with Crippen LogP contribution in [0.15, 0.2) is 30.5 Å². The molecular weight excluding hydrogens is 328 g/mol. The van der Waals surface area contributed by atoms with Crippen molar-refractivity contribution < 1.29 is 9.53 Å². The topological polar surface area (TPSA) is 69.0 Å². The van der Waals surface area contributed by atoms with Gasteiger partial charge in [-0.1, -0.05) is 48.2 Å². The van der Waals surface area contributed by atoms with Gasteiger partial charge in [0.15, 0.2) is 0 Å². The summed E-state index contributed by atoms with van der Waals surface area (Å²) in [6.07, 6.45) is 7.05. The van der Waals surface area contributed by atoms with E-state index in [0.717, 1.165) is 18.4 Å². The van der Waals surface area contributed by atoms with Gasteiger partial charge in [-0.2, -0.15) is 0 Å². The molecule has 1 saturated carbocycles. The van der Waals surface area contributed by atoms with Gasteiger partial charge in [-0.05, 0) is 30.5 Å². The normalized spacial score (nSPS) is 15.2. The molecular formula is C17H21ClN4O2. The molecule has 128 valence electrons. The molecule has 6 nitrogen and oxygen atoms in total. The lowest BCUT2D eigenvalue weighted by molar-refractivity contribution is 0.131. The van der Waals surface area contributed by atoms with Crippen molar-refractivity contribution in [3.8, 4) is 0 Å². The van der Waals surface area contributed by atoms with E-state index in [1.165, 1.54) is 19.3 Å². The fraction of sp³-hybridized carbons (Fsp3) is 0.471. The van der Waals surface area contributed by atoms with E-state index >= 15 is 0 Å². The third kappa shape index (κ3) is 4.96. The van der Waals surface area contributed by atoms with Crippen molar-refractivity contribution in [1.29, 1.82) is 0 Å². The average Bonchev–Trinajstić information content (AvgIpc) is 3.01. The minimum Gasteiger partial charge on any atom is -0.443 e. The van der Waals surface area contributed by atoms with Crippen LogP contribution in [0.5, 0.6) is 0 Å². The molecule has 0 radical (unpaired) electrons. The van der Waals surface area contributed by atoms with E-state index in [1.807, 2.05) is 24.3 Å². The minimum atomic E-state index is -0.383. The van der Waals surface area contributed by atoms with Gasteiger partial charge in [-0.15, -0.1) is 5.10 Å². The number of nitrogens with one attached hydrogen (secondary N) is 1. The Morgan fingerprint density at radius 2 is 2.17 bits per heavy atom. The van der Waals surface area contributed by atoms with Crippen molar-refractivity contribution in [2.24, 2.45) is 0 Å². The van der Waals surface area contributed by atoms with Gasteiger partial charge in [-0.3, -0.25) is 0 Å². The zero-order valence-corrected chi connectivity index (χ0v) is 14.2. The highest BCUT2D eigenvalue weighted by Gasteiger charge is 2.16. The zero-order valence-electron chi connectivity index (χ0n) is 13.4. The second kappa shape index (κ2) is 8.15.